The zero-order valence-electron chi connectivity index (χ0n) is 17.3. The van der Waals surface area contributed by atoms with Crippen molar-refractivity contribution in [3.8, 4) is 22.8 Å². The van der Waals surface area contributed by atoms with Crippen LogP contribution in [-0.4, -0.2) is 53.1 Å². The van der Waals surface area contributed by atoms with Crippen LogP contribution in [0.4, 0.5) is 0 Å². The molecule has 0 spiro atoms. The summed E-state index contributed by atoms with van der Waals surface area (Å²) in [7, 11) is 0. The number of H-pyrrole nitrogens is 1. The molecule has 164 valence electrons. The lowest BCUT2D eigenvalue weighted by molar-refractivity contribution is 0.0645. The average molecular weight is 496 g/mol. The number of likely N-dealkylation sites (tertiary alicyclic amines) is 1. The van der Waals surface area contributed by atoms with Crippen LogP contribution in [0.1, 0.15) is 33.7 Å². The van der Waals surface area contributed by atoms with E-state index >= 15 is 0 Å². The van der Waals surface area contributed by atoms with Gasteiger partial charge in [0.15, 0.2) is 17.3 Å². The van der Waals surface area contributed by atoms with Crippen molar-refractivity contribution in [3.05, 3.63) is 64.3 Å². The van der Waals surface area contributed by atoms with Gasteiger partial charge in [0, 0.05) is 34.6 Å². The van der Waals surface area contributed by atoms with Gasteiger partial charge in [0.25, 0.3) is 5.91 Å². The number of amides is 1. The Hall–Kier alpha value is -3.13. The van der Waals surface area contributed by atoms with Crippen LogP contribution in [-0.2, 0) is 0 Å². The minimum Gasteiger partial charge on any atom is -0.486 e. The number of Topliss-reactive ketones (excluding diaryl/α,β-unsaturated/α-hetero) is 1. The molecule has 1 fully saturated rings. The Labute approximate surface area is 193 Å². The third kappa shape index (κ3) is 4.14. The summed E-state index contributed by atoms with van der Waals surface area (Å²) in [6.07, 6.45) is 1.26. The van der Waals surface area contributed by atoms with Gasteiger partial charge in [-0.15, -0.1) is 0 Å². The van der Waals surface area contributed by atoms with Crippen LogP contribution < -0.4 is 9.47 Å². The van der Waals surface area contributed by atoms with Gasteiger partial charge in [-0.2, -0.15) is 5.10 Å². The summed E-state index contributed by atoms with van der Waals surface area (Å²) in [5.74, 6) is 1.19. The van der Waals surface area contributed by atoms with E-state index in [0.717, 1.165) is 15.7 Å². The molecular formula is C24H22BrN3O4. The van der Waals surface area contributed by atoms with E-state index < -0.39 is 0 Å². The zero-order chi connectivity index (χ0) is 22.1. The topological polar surface area (TPSA) is 84.5 Å². The molecule has 2 aliphatic heterocycles. The van der Waals surface area contributed by atoms with Gasteiger partial charge in [-0.05, 0) is 49.2 Å². The van der Waals surface area contributed by atoms with Crippen LogP contribution in [0.25, 0.3) is 11.3 Å². The van der Waals surface area contributed by atoms with Gasteiger partial charge in [0.05, 0.1) is 5.69 Å². The normalized spacial score (nSPS) is 16.1. The van der Waals surface area contributed by atoms with Gasteiger partial charge in [0.1, 0.15) is 18.9 Å². The quantitative estimate of drug-likeness (QED) is 0.544. The Morgan fingerprint density at radius 2 is 1.69 bits per heavy atom. The molecule has 0 bridgehead atoms. The number of nitrogens with zero attached hydrogens (tertiary/aromatic N) is 2. The van der Waals surface area contributed by atoms with Gasteiger partial charge < -0.3 is 14.4 Å². The first kappa shape index (κ1) is 20.8. The number of hydrogen-bond donors (Lipinski definition) is 1. The summed E-state index contributed by atoms with van der Waals surface area (Å²) >= 11 is 3.42. The molecule has 3 heterocycles. The average Bonchev–Trinajstić information content (AvgIpc) is 3.34. The summed E-state index contributed by atoms with van der Waals surface area (Å²) in [5, 5.41) is 7.15. The first-order chi connectivity index (χ1) is 15.6. The second-order valence-electron chi connectivity index (χ2n) is 7.96. The highest BCUT2D eigenvalue weighted by Gasteiger charge is 2.30. The van der Waals surface area contributed by atoms with E-state index in [1.807, 2.05) is 24.3 Å². The van der Waals surface area contributed by atoms with Crippen molar-refractivity contribution < 1.29 is 19.1 Å². The van der Waals surface area contributed by atoms with Crippen molar-refractivity contribution in [3.63, 3.8) is 0 Å². The Bertz CT molecular complexity index is 1150. The van der Waals surface area contributed by atoms with Crippen molar-refractivity contribution in [2.75, 3.05) is 26.3 Å². The van der Waals surface area contributed by atoms with Gasteiger partial charge in [0.2, 0.25) is 0 Å². The van der Waals surface area contributed by atoms with Crippen LogP contribution >= 0.6 is 15.9 Å². The summed E-state index contributed by atoms with van der Waals surface area (Å²) in [6, 6.07) is 14.9. The Morgan fingerprint density at radius 3 is 2.44 bits per heavy atom. The highest BCUT2D eigenvalue weighted by atomic mass is 79.9. The van der Waals surface area contributed by atoms with Crippen molar-refractivity contribution in [1.82, 2.24) is 15.1 Å². The maximum atomic E-state index is 13.0. The fourth-order valence-electron chi connectivity index (χ4n) is 4.15. The molecule has 0 atom stereocenters. The number of rotatable bonds is 4. The fraction of sp³-hybridized carbons (Fsp3) is 0.292. The lowest BCUT2D eigenvalue weighted by Crippen LogP contribution is -2.40. The van der Waals surface area contributed by atoms with E-state index in [9.17, 15) is 9.59 Å². The van der Waals surface area contributed by atoms with Crippen molar-refractivity contribution in [2.45, 2.75) is 12.8 Å². The lowest BCUT2D eigenvalue weighted by Gasteiger charge is -2.31. The molecule has 0 unspecified atom stereocenters. The molecule has 32 heavy (non-hydrogen) atoms. The minimum atomic E-state index is -0.110. The SMILES string of the molecule is O=C(c1ccc2c(c1)OCCO2)C1CCN(C(=O)c2cc(-c3ccc(Br)cc3)n[nH]2)CC1. The van der Waals surface area contributed by atoms with Gasteiger partial charge in [-0.3, -0.25) is 14.7 Å². The Balaban J connectivity index is 1.21. The van der Waals surface area contributed by atoms with E-state index in [1.165, 1.54) is 0 Å². The van der Waals surface area contributed by atoms with Crippen molar-refractivity contribution in [2.24, 2.45) is 5.92 Å². The third-order valence-corrected chi connectivity index (χ3v) is 6.46. The third-order valence-electron chi connectivity index (χ3n) is 5.93. The first-order valence-electron chi connectivity index (χ1n) is 10.6. The number of hydrogen-bond acceptors (Lipinski definition) is 5. The smallest absolute Gasteiger partial charge is 0.271 e. The summed E-state index contributed by atoms with van der Waals surface area (Å²) in [5.41, 5.74) is 2.75. The second kappa shape index (κ2) is 8.78. The molecule has 1 aromatic heterocycles. The highest BCUT2D eigenvalue weighted by molar-refractivity contribution is 9.10. The number of nitrogens with one attached hydrogen (secondary N) is 1. The molecule has 2 aliphatic rings. The molecule has 7 nitrogen and oxygen atoms in total. The molecule has 3 aromatic rings. The second-order valence-corrected chi connectivity index (χ2v) is 8.88. The van der Waals surface area contributed by atoms with E-state index in [0.29, 0.717) is 61.9 Å². The van der Waals surface area contributed by atoms with Gasteiger partial charge >= 0.3 is 0 Å². The Morgan fingerprint density at radius 1 is 0.969 bits per heavy atom. The molecule has 2 aromatic carbocycles. The highest BCUT2D eigenvalue weighted by Crippen LogP contribution is 2.33. The standard InChI is InChI=1S/C24H22BrN3O4/c25-18-4-1-15(2-5-18)19-14-20(27-26-19)24(30)28-9-7-16(8-10-28)23(29)17-3-6-21-22(13-17)32-12-11-31-21/h1-6,13-14,16H,7-12H2,(H,26,27). The summed E-state index contributed by atoms with van der Waals surface area (Å²) in [6.45, 7) is 2.08. The van der Waals surface area contributed by atoms with E-state index in [-0.39, 0.29) is 17.6 Å². The molecule has 0 aliphatic carbocycles. The van der Waals surface area contributed by atoms with E-state index in [2.05, 4.69) is 26.1 Å². The molecule has 5 rings (SSSR count). The number of benzene rings is 2. The molecule has 0 radical (unpaired) electrons. The van der Waals surface area contributed by atoms with Crippen molar-refractivity contribution >= 4 is 27.6 Å². The number of aromatic nitrogens is 2. The number of ketones is 1. The summed E-state index contributed by atoms with van der Waals surface area (Å²) < 4.78 is 12.1. The van der Waals surface area contributed by atoms with Gasteiger partial charge in [-0.25, -0.2) is 0 Å². The predicted octanol–water partition coefficient (Wildman–Crippen LogP) is 4.35. The molecule has 0 saturated carbocycles. The largest absolute Gasteiger partial charge is 0.486 e. The minimum absolute atomic E-state index is 0.0909. The molecule has 1 amide bonds. The van der Waals surface area contributed by atoms with Crippen LogP contribution in [0.3, 0.4) is 0 Å². The van der Waals surface area contributed by atoms with Crippen LogP contribution in [0, 0.1) is 5.92 Å². The first-order valence-corrected chi connectivity index (χ1v) is 11.4. The number of fused-ring (bicyclic) bond motifs is 1. The fourth-order valence-corrected chi connectivity index (χ4v) is 4.41. The summed E-state index contributed by atoms with van der Waals surface area (Å²) in [4.78, 5) is 27.7. The number of carbonyl (C=O) groups is 2. The Kier molecular flexibility index (Phi) is 5.70. The van der Waals surface area contributed by atoms with Crippen LogP contribution in [0.2, 0.25) is 0 Å². The lowest BCUT2D eigenvalue weighted by atomic mass is 9.88. The predicted molar refractivity (Wildman–Crippen MR) is 122 cm³/mol. The van der Waals surface area contributed by atoms with Crippen molar-refractivity contribution in [1.29, 1.82) is 0 Å². The zero-order valence-corrected chi connectivity index (χ0v) is 18.9. The molecule has 1 saturated heterocycles. The van der Waals surface area contributed by atoms with E-state index in [4.69, 9.17) is 9.47 Å². The van der Waals surface area contributed by atoms with Crippen LogP contribution in [0.15, 0.2) is 53.0 Å². The number of carbonyl (C=O) groups excluding carboxylic acids is 2. The molecule has 8 heteroatoms. The van der Waals surface area contributed by atoms with Crippen LogP contribution in [0.5, 0.6) is 11.5 Å². The number of aromatic amines is 1. The monoisotopic (exact) mass is 495 g/mol. The number of piperidine rings is 1. The number of halogens is 1. The van der Waals surface area contributed by atoms with E-state index in [1.54, 1.807) is 29.2 Å². The molecular weight excluding hydrogens is 474 g/mol. The number of ether oxygens (including phenoxy) is 2. The maximum Gasteiger partial charge on any atom is 0.271 e. The maximum absolute atomic E-state index is 13.0. The molecule has 1 N–H and O–H groups in total. The van der Waals surface area contributed by atoms with Gasteiger partial charge in [-0.1, -0.05) is 28.1 Å².